The second kappa shape index (κ2) is 5.58. The van der Waals surface area contributed by atoms with Gasteiger partial charge in [-0.3, -0.25) is 4.99 Å². The molecule has 1 fully saturated rings. The van der Waals surface area contributed by atoms with Gasteiger partial charge in [-0.05, 0) is 42.4 Å². The Hall–Kier alpha value is -0.960. The number of hydrogen-bond acceptors (Lipinski definition) is 3. The molecule has 102 valence electrons. The van der Waals surface area contributed by atoms with E-state index < -0.39 is 0 Å². The van der Waals surface area contributed by atoms with E-state index >= 15 is 0 Å². The lowest BCUT2D eigenvalue weighted by molar-refractivity contribution is 0.359. The molecule has 0 radical (unpaired) electrons. The van der Waals surface area contributed by atoms with Crippen molar-refractivity contribution in [3.05, 3.63) is 29.8 Å². The summed E-state index contributed by atoms with van der Waals surface area (Å²) in [6.07, 6.45) is 6.64. The number of benzene rings is 1. The van der Waals surface area contributed by atoms with Gasteiger partial charge in [-0.1, -0.05) is 43.7 Å². The first kappa shape index (κ1) is 13.0. The maximum absolute atomic E-state index is 4.78. The van der Waals surface area contributed by atoms with E-state index in [2.05, 4.69) is 36.5 Å². The van der Waals surface area contributed by atoms with E-state index in [0.717, 1.165) is 18.1 Å². The summed E-state index contributed by atoms with van der Waals surface area (Å²) in [6, 6.07) is 8.65. The van der Waals surface area contributed by atoms with Crippen molar-refractivity contribution in [2.45, 2.75) is 39.0 Å². The highest BCUT2D eigenvalue weighted by molar-refractivity contribution is 8.14. The van der Waals surface area contributed by atoms with E-state index in [-0.39, 0.29) is 0 Å². The van der Waals surface area contributed by atoms with E-state index in [0.29, 0.717) is 5.41 Å². The van der Waals surface area contributed by atoms with E-state index in [1.165, 1.54) is 42.7 Å². The number of aliphatic imine (C=N–C) groups is 1. The average molecular weight is 274 g/mol. The number of aryl methyl sites for hydroxylation is 1. The summed E-state index contributed by atoms with van der Waals surface area (Å²) in [6.45, 7) is 3.21. The highest BCUT2D eigenvalue weighted by atomic mass is 32.2. The van der Waals surface area contributed by atoms with Crippen LogP contribution in [0.3, 0.4) is 0 Å². The standard InChI is InChI=1S/C16H22N2S/c1-2-13-6-5-7-14(10-13)18-15-17-11-16(12-19-15)8-3-4-9-16/h5-7,10H,2-4,8-9,11-12H2,1H3,(H,17,18). The number of nitrogens with zero attached hydrogens (tertiary/aromatic N) is 1. The Morgan fingerprint density at radius 1 is 1.32 bits per heavy atom. The number of amidine groups is 1. The van der Waals surface area contributed by atoms with Crippen LogP contribution in [0.1, 0.15) is 38.2 Å². The van der Waals surface area contributed by atoms with Crippen LogP contribution in [0.4, 0.5) is 5.69 Å². The molecular weight excluding hydrogens is 252 g/mol. The molecule has 1 N–H and O–H groups in total. The predicted octanol–water partition coefficient (Wildman–Crippen LogP) is 4.32. The molecule has 3 heteroatoms. The zero-order chi connectivity index (χ0) is 13.1. The van der Waals surface area contributed by atoms with Crippen molar-refractivity contribution in [3.8, 4) is 0 Å². The number of anilines is 1. The third-order valence-electron chi connectivity index (χ3n) is 4.32. The first-order chi connectivity index (χ1) is 9.30. The molecule has 0 bridgehead atoms. The molecule has 1 heterocycles. The van der Waals surface area contributed by atoms with Gasteiger partial charge in [0.05, 0.1) is 0 Å². The Morgan fingerprint density at radius 3 is 2.84 bits per heavy atom. The summed E-state index contributed by atoms with van der Waals surface area (Å²) < 4.78 is 0. The molecule has 0 atom stereocenters. The van der Waals surface area contributed by atoms with Gasteiger partial charge in [0.25, 0.3) is 0 Å². The summed E-state index contributed by atoms with van der Waals surface area (Å²) in [5.41, 5.74) is 3.08. The highest BCUT2D eigenvalue weighted by Crippen LogP contribution is 2.43. The van der Waals surface area contributed by atoms with Crippen LogP contribution in [-0.2, 0) is 6.42 Å². The maximum Gasteiger partial charge on any atom is 0.161 e. The van der Waals surface area contributed by atoms with E-state index in [1.54, 1.807) is 0 Å². The molecule has 2 nitrogen and oxygen atoms in total. The zero-order valence-electron chi connectivity index (χ0n) is 11.6. The van der Waals surface area contributed by atoms with Crippen LogP contribution in [0, 0.1) is 5.41 Å². The van der Waals surface area contributed by atoms with Gasteiger partial charge >= 0.3 is 0 Å². The molecule has 3 rings (SSSR count). The van der Waals surface area contributed by atoms with Gasteiger partial charge in [-0.2, -0.15) is 0 Å². The van der Waals surface area contributed by atoms with Crippen LogP contribution in [-0.4, -0.2) is 17.5 Å². The van der Waals surface area contributed by atoms with Gasteiger partial charge in [-0.25, -0.2) is 0 Å². The molecule has 0 aromatic heterocycles. The summed E-state index contributed by atoms with van der Waals surface area (Å²) >= 11 is 1.91. The molecule has 1 aromatic rings. The third kappa shape index (κ3) is 2.97. The van der Waals surface area contributed by atoms with Crippen LogP contribution in [0.25, 0.3) is 0 Å². The fourth-order valence-electron chi connectivity index (χ4n) is 3.05. The number of rotatable bonds is 2. The monoisotopic (exact) mass is 274 g/mol. The van der Waals surface area contributed by atoms with E-state index in [1.807, 2.05) is 11.8 Å². The van der Waals surface area contributed by atoms with E-state index in [4.69, 9.17) is 4.99 Å². The molecule has 19 heavy (non-hydrogen) atoms. The van der Waals surface area contributed by atoms with Crippen LogP contribution in [0.5, 0.6) is 0 Å². The smallest absolute Gasteiger partial charge is 0.161 e. The van der Waals surface area contributed by atoms with Crippen LogP contribution in [0.2, 0.25) is 0 Å². The minimum Gasteiger partial charge on any atom is -0.335 e. The molecule has 2 aliphatic rings. The van der Waals surface area contributed by atoms with E-state index in [9.17, 15) is 0 Å². The maximum atomic E-state index is 4.78. The Kier molecular flexibility index (Phi) is 3.83. The van der Waals surface area contributed by atoms with Crippen molar-refractivity contribution in [3.63, 3.8) is 0 Å². The zero-order valence-corrected chi connectivity index (χ0v) is 12.4. The third-order valence-corrected chi connectivity index (χ3v) is 5.59. The molecule has 0 unspecified atom stereocenters. The number of nitrogens with one attached hydrogen (secondary N) is 1. The van der Waals surface area contributed by atoms with Gasteiger partial charge in [0.1, 0.15) is 0 Å². The first-order valence-corrected chi connectivity index (χ1v) is 8.31. The lowest BCUT2D eigenvalue weighted by Gasteiger charge is -2.31. The van der Waals surface area contributed by atoms with Crippen LogP contribution in [0.15, 0.2) is 29.3 Å². The molecule has 1 saturated carbocycles. The number of hydrogen-bond donors (Lipinski definition) is 1. The minimum absolute atomic E-state index is 0.529. The van der Waals surface area contributed by atoms with Crippen LogP contribution >= 0.6 is 11.8 Å². The molecule has 1 spiro atoms. The largest absolute Gasteiger partial charge is 0.335 e. The van der Waals surface area contributed by atoms with Crippen molar-refractivity contribution in [1.29, 1.82) is 0 Å². The Balaban J connectivity index is 1.66. The second-order valence-electron chi connectivity index (χ2n) is 5.80. The number of thioether (sulfide) groups is 1. The second-order valence-corrected chi connectivity index (χ2v) is 6.76. The quantitative estimate of drug-likeness (QED) is 0.868. The highest BCUT2D eigenvalue weighted by Gasteiger charge is 2.36. The van der Waals surface area contributed by atoms with Gasteiger partial charge in [0.15, 0.2) is 5.17 Å². The fourth-order valence-corrected chi connectivity index (χ4v) is 4.22. The van der Waals surface area contributed by atoms with Crippen molar-refractivity contribution < 1.29 is 0 Å². The predicted molar refractivity (Wildman–Crippen MR) is 85.1 cm³/mol. The lowest BCUT2D eigenvalue weighted by atomic mass is 9.89. The molecule has 1 aliphatic heterocycles. The Labute approximate surface area is 120 Å². The van der Waals surface area contributed by atoms with Crippen molar-refractivity contribution in [2.75, 3.05) is 17.6 Å². The van der Waals surface area contributed by atoms with Gasteiger partial charge < -0.3 is 5.32 Å². The lowest BCUT2D eigenvalue weighted by Crippen LogP contribution is -2.30. The Morgan fingerprint density at radius 2 is 2.16 bits per heavy atom. The Bertz CT molecular complexity index is 475. The van der Waals surface area contributed by atoms with Crippen molar-refractivity contribution in [2.24, 2.45) is 10.4 Å². The van der Waals surface area contributed by atoms with Gasteiger partial charge in [0.2, 0.25) is 0 Å². The fraction of sp³-hybridized carbons (Fsp3) is 0.562. The summed E-state index contributed by atoms with van der Waals surface area (Å²) in [5, 5.41) is 4.58. The summed E-state index contributed by atoms with van der Waals surface area (Å²) in [5.74, 6) is 1.24. The van der Waals surface area contributed by atoms with Gasteiger partial charge in [0, 0.05) is 18.0 Å². The summed E-state index contributed by atoms with van der Waals surface area (Å²) in [4.78, 5) is 4.78. The average Bonchev–Trinajstić information content (AvgIpc) is 2.90. The van der Waals surface area contributed by atoms with Crippen molar-refractivity contribution in [1.82, 2.24) is 0 Å². The van der Waals surface area contributed by atoms with Crippen LogP contribution < -0.4 is 5.32 Å². The molecule has 1 aromatic carbocycles. The van der Waals surface area contributed by atoms with Crippen molar-refractivity contribution >= 4 is 22.6 Å². The van der Waals surface area contributed by atoms with Gasteiger partial charge in [-0.15, -0.1) is 0 Å². The topological polar surface area (TPSA) is 24.4 Å². The molecular formula is C16H22N2S. The minimum atomic E-state index is 0.529. The molecule has 1 aliphatic carbocycles. The SMILES string of the molecule is CCc1cccc(NC2=NCC3(CCCC3)CS2)c1. The normalized spacial score (nSPS) is 21.4. The summed E-state index contributed by atoms with van der Waals surface area (Å²) in [7, 11) is 0. The molecule has 0 amide bonds. The molecule has 0 saturated heterocycles. The first-order valence-electron chi connectivity index (χ1n) is 7.33.